The lowest BCUT2D eigenvalue weighted by molar-refractivity contribution is 0.202. The maximum absolute atomic E-state index is 5.23. The molecular weight excluding hydrogens is 292 g/mol. The molecule has 0 aliphatic carbocycles. The van der Waals surface area contributed by atoms with Crippen LogP contribution in [0.4, 0.5) is 5.82 Å². The van der Waals surface area contributed by atoms with Gasteiger partial charge in [-0.1, -0.05) is 35.8 Å². The summed E-state index contributed by atoms with van der Waals surface area (Å²) >= 11 is 3.54. The summed E-state index contributed by atoms with van der Waals surface area (Å²) in [5.74, 6) is 1.08. The average Bonchev–Trinajstić information content (AvgIpc) is 2.43. The van der Waals surface area contributed by atoms with Crippen LogP contribution in [-0.4, -0.2) is 31.3 Å². The molecule has 0 spiro atoms. The normalized spacial score (nSPS) is 10.9. The summed E-state index contributed by atoms with van der Waals surface area (Å²) < 4.78 is 5.23. The zero-order chi connectivity index (χ0) is 13.4. The van der Waals surface area contributed by atoms with Crippen LogP contribution >= 0.6 is 15.9 Å². The quantitative estimate of drug-likeness (QED) is 0.685. The molecule has 0 bridgehead atoms. The van der Waals surface area contributed by atoms with Crippen molar-refractivity contribution in [3.8, 4) is 0 Å². The molecule has 4 heteroatoms. The minimum absolute atomic E-state index is 0.521. The van der Waals surface area contributed by atoms with Crippen molar-refractivity contribution in [1.29, 1.82) is 0 Å². The van der Waals surface area contributed by atoms with Crippen molar-refractivity contribution in [1.82, 2.24) is 4.98 Å². The number of halogens is 1. The second-order valence-electron chi connectivity index (χ2n) is 4.28. The van der Waals surface area contributed by atoms with Crippen LogP contribution in [-0.2, 0) is 10.1 Å². The van der Waals surface area contributed by atoms with Gasteiger partial charge in [-0.15, -0.1) is 0 Å². The molecule has 1 heterocycles. The van der Waals surface area contributed by atoms with Gasteiger partial charge >= 0.3 is 0 Å². The van der Waals surface area contributed by atoms with Crippen molar-refractivity contribution < 1.29 is 4.74 Å². The predicted molar refractivity (Wildman–Crippen MR) is 80.5 cm³/mol. The predicted octanol–water partition coefficient (Wildman–Crippen LogP) is 3.62. The average molecular weight is 315 g/mol. The van der Waals surface area contributed by atoms with Gasteiger partial charge in [-0.3, -0.25) is 0 Å². The third kappa shape index (κ3) is 3.95. The topological polar surface area (TPSA) is 25.4 Å². The van der Waals surface area contributed by atoms with Gasteiger partial charge in [0.15, 0.2) is 0 Å². The summed E-state index contributed by atoms with van der Waals surface area (Å²) in [6.07, 6.45) is 4.11. The van der Waals surface area contributed by atoms with E-state index in [0.717, 1.165) is 37.1 Å². The van der Waals surface area contributed by atoms with Crippen LogP contribution in [0.3, 0.4) is 0 Å². The maximum Gasteiger partial charge on any atom is 0.132 e. The fourth-order valence-electron chi connectivity index (χ4n) is 2.17. The molecule has 0 atom stereocenters. The summed E-state index contributed by atoms with van der Waals surface area (Å²) in [5.41, 5.74) is 1.24. The second kappa shape index (κ2) is 8.48. The largest absolute Gasteiger partial charge is 0.383 e. The molecule has 102 valence electrons. The van der Waals surface area contributed by atoms with Crippen LogP contribution in [0.5, 0.6) is 0 Å². The van der Waals surface area contributed by atoms with E-state index in [1.54, 1.807) is 7.11 Å². The highest BCUT2D eigenvalue weighted by atomic mass is 79.9. The number of rotatable bonds is 8. The van der Waals surface area contributed by atoms with E-state index in [-0.39, 0.29) is 0 Å². The molecule has 1 rings (SSSR count). The van der Waals surface area contributed by atoms with Crippen LogP contribution < -0.4 is 4.90 Å². The highest BCUT2D eigenvalue weighted by Gasteiger charge is 2.18. The minimum Gasteiger partial charge on any atom is -0.383 e. The summed E-state index contributed by atoms with van der Waals surface area (Å²) in [6.45, 7) is 6.07. The maximum atomic E-state index is 5.23. The number of methoxy groups -OCH3 is 1. The Hall–Kier alpha value is -0.610. The molecule has 0 aliphatic heterocycles. The lowest BCUT2D eigenvalue weighted by atomic mass is 10.1. The molecule has 0 aromatic carbocycles. The SMILES string of the molecule is CCC(CC)N(CCOC)c1ncccc1CBr. The molecule has 18 heavy (non-hydrogen) atoms. The molecule has 0 N–H and O–H groups in total. The number of alkyl halides is 1. The molecule has 0 saturated carbocycles. The Labute approximate surface area is 119 Å². The third-order valence-corrected chi connectivity index (χ3v) is 3.81. The van der Waals surface area contributed by atoms with Gasteiger partial charge in [0.05, 0.1) is 6.61 Å². The number of hydrogen-bond donors (Lipinski definition) is 0. The van der Waals surface area contributed by atoms with Gasteiger partial charge in [-0.25, -0.2) is 4.98 Å². The van der Waals surface area contributed by atoms with E-state index in [0.29, 0.717) is 6.04 Å². The van der Waals surface area contributed by atoms with Crippen molar-refractivity contribution in [2.75, 3.05) is 25.2 Å². The third-order valence-electron chi connectivity index (χ3n) is 3.20. The molecule has 0 radical (unpaired) electrons. The number of nitrogens with zero attached hydrogens (tertiary/aromatic N) is 2. The summed E-state index contributed by atoms with van der Waals surface area (Å²) in [5, 5.41) is 0.833. The van der Waals surface area contributed by atoms with E-state index in [9.17, 15) is 0 Å². The van der Waals surface area contributed by atoms with E-state index in [2.05, 4.69) is 45.7 Å². The van der Waals surface area contributed by atoms with Gasteiger partial charge < -0.3 is 9.64 Å². The lowest BCUT2D eigenvalue weighted by Crippen LogP contribution is -2.38. The van der Waals surface area contributed by atoms with Gasteiger partial charge in [0.1, 0.15) is 5.82 Å². The molecule has 3 nitrogen and oxygen atoms in total. The Morgan fingerprint density at radius 2 is 2.11 bits per heavy atom. The van der Waals surface area contributed by atoms with E-state index < -0.39 is 0 Å². The van der Waals surface area contributed by atoms with Gasteiger partial charge in [-0.05, 0) is 18.9 Å². The lowest BCUT2D eigenvalue weighted by Gasteiger charge is -2.32. The van der Waals surface area contributed by atoms with Crippen molar-refractivity contribution in [2.45, 2.75) is 38.1 Å². The molecule has 0 fully saturated rings. The van der Waals surface area contributed by atoms with Crippen LogP contribution in [0.15, 0.2) is 18.3 Å². The zero-order valence-corrected chi connectivity index (χ0v) is 13.1. The van der Waals surface area contributed by atoms with Crippen molar-refractivity contribution >= 4 is 21.7 Å². The molecule has 1 aromatic rings. The smallest absolute Gasteiger partial charge is 0.132 e. The highest BCUT2D eigenvalue weighted by molar-refractivity contribution is 9.08. The number of anilines is 1. The van der Waals surface area contributed by atoms with Crippen LogP contribution in [0.2, 0.25) is 0 Å². The van der Waals surface area contributed by atoms with Crippen molar-refractivity contribution in [3.05, 3.63) is 23.9 Å². The highest BCUT2D eigenvalue weighted by Crippen LogP contribution is 2.23. The molecular formula is C14H23BrN2O. The Kier molecular flexibility index (Phi) is 7.28. The van der Waals surface area contributed by atoms with E-state index >= 15 is 0 Å². The van der Waals surface area contributed by atoms with Gasteiger partial charge in [0.25, 0.3) is 0 Å². The Morgan fingerprint density at radius 3 is 2.67 bits per heavy atom. The monoisotopic (exact) mass is 314 g/mol. The van der Waals surface area contributed by atoms with Crippen molar-refractivity contribution in [3.63, 3.8) is 0 Å². The molecule has 1 aromatic heterocycles. The van der Waals surface area contributed by atoms with Crippen LogP contribution in [0, 0.1) is 0 Å². The molecule has 0 amide bonds. The first-order chi connectivity index (χ1) is 8.78. The first kappa shape index (κ1) is 15.4. The van der Waals surface area contributed by atoms with E-state index in [1.807, 2.05) is 12.3 Å². The van der Waals surface area contributed by atoms with Gasteiger partial charge in [0, 0.05) is 36.8 Å². The Bertz CT molecular complexity index is 342. The fraction of sp³-hybridized carbons (Fsp3) is 0.643. The van der Waals surface area contributed by atoms with E-state index in [4.69, 9.17) is 4.74 Å². The fourth-order valence-corrected chi connectivity index (χ4v) is 2.61. The van der Waals surface area contributed by atoms with Crippen LogP contribution in [0.1, 0.15) is 32.3 Å². The molecule has 0 unspecified atom stereocenters. The van der Waals surface area contributed by atoms with Crippen LogP contribution in [0.25, 0.3) is 0 Å². The van der Waals surface area contributed by atoms with Gasteiger partial charge in [0.2, 0.25) is 0 Å². The number of hydrogen-bond acceptors (Lipinski definition) is 3. The van der Waals surface area contributed by atoms with Crippen molar-refractivity contribution in [2.24, 2.45) is 0 Å². The Balaban J connectivity index is 2.99. The van der Waals surface area contributed by atoms with Gasteiger partial charge in [-0.2, -0.15) is 0 Å². The summed E-state index contributed by atoms with van der Waals surface area (Å²) in [7, 11) is 1.74. The number of aromatic nitrogens is 1. The Morgan fingerprint density at radius 1 is 1.39 bits per heavy atom. The summed E-state index contributed by atoms with van der Waals surface area (Å²) in [6, 6.07) is 4.63. The van der Waals surface area contributed by atoms with E-state index in [1.165, 1.54) is 5.56 Å². The molecule has 0 aliphatic rings. The minimum atomic E-state index is 0.521. The second-order valence-corrected chi connectivity index (χ2v) is 4.84. The number of pyridine rings is 1. The first-order valence-corrected chi connectivity index (χ1v) is 7.66. The standard InChI is InChI=1S/C14H23BrN2O/c1-4-13(5-2)17(9-10-18-3)14-12(11-15)7-6-8-16-14/h6-8,13H,4-5,9-11H2,1-3H3. The summed E-state index contributed by atoms with van der Waals surface area (Å²) in [4.78, 5) is 6.94. The first-order valence-electron chi connectivity index (χ1n) is 6.53. The molecule has 0 saturated heterocycles. The zero-order valence-electron chi connectivity index (χ0n) is 11.5. The number of ether oxygens (including phenoxy) is 1.